The van der Waals surface area contributed by atoms with E-state index in [2.05, 4.69) is 46.1 Å². The topological polar surface area (TPSA) is 52.6 Å². The summed E-state index contributed by atoms with van der Waals surface area (Å²) in [6.45, 7) is 9.23. The molecule has 1 saturated carbocycles. The molecule has 0 radical (unpaired) electrons. The summed E-state index contributed by atoms with van der Waals surface area (Å²) in [4.78, 5) is 13.2. The highest BCUT2D eigenvalue weighted by Gasteiger charge is 2.38. The Morgan fingerprint density at radius 1 is 1.23 bits per heavy atom. The Morgan fingerprint density at radius 3 is 2.65 bits per heavy atom. The van der Waals surface area contributed by atoms with Crippen LogP contribution in [-0.4, -0.2) is 59.1 Å². The lowest BCUT2D eigenvalue weighted by Crippen LogP contribution is -2.59. The van der Waals surface area contributed by atoms with Gasteiger partial charge in [0, 0.05) is 54.3 Å². The second-order valence-electron chi connectivity index (χ2n) is 7.30. The molecule has 0 amide bonds. The van der Waals surface area contributed by atoms with Crippen LogP contribution in [0.2, 0.25) is 0 Å². The maximum Gasteiger partial charge on any atom is 0.191 e. The minimum atomic E-state index is 0.313. The third-order valence-corrected chi connectivity index (χ3v) is 7.28. The molecule has 5 nitrogen and oxygen atoms in total. The van der Waals surface area contributed by atoms with E-state index in [0.29, 0.717) is 12.1 Å². The van der Waals surface area contributed by atoms with Gasteiger partial charge >= 0.3 is 0 Å². The standard InChI is InChI=1S/C19H33N5S2/c1-3-20-18(22-14-17-21-13-16(2)26-17)23-15-19(7-5-4-6-8-19)24-9-11-25-12-10-24/h13H,3-12,14-15H2,1-2H3,(H2,20,22,23). The number of nitrogens with one attached hydrogen (secondary N) is 2. The molecule has 26 heavy (non-hydrogen) atoms. The molecule has 0 atom stereocenters. The van der Waals surface area contributed by atoms with E-state index in [4.69, 9.17) is 4.99 Å². The number of nitrogens with zero attached hydrogens (tertiary/aromatic N) is 3. The van der Waals surface area contributed by atoms with Crippen molar-refractivity contribution >= 4 is 29.1 Å². The zero-order valence-corrected chi connectivity index (χ0v) is 17.9. The summed E-state index contributed by atoms with van der Waals surface area (Å²) in [5, 5.41) is 8.17. The molecule has 1 aliphatic carbocycles. The van der Waals surface area contributed by atoms with Crippen LogP contribution in [0.4, 0.5) is 0 Å². The van der Waals surface area contributed by atoms with Crippen molar-refractivity contribution in [3.8, 4) is 0 Å². The van der Waals surface area contributed by atoms with Gasteiger partial charge in [-0.1, -0.05) is 19.3 Å². The van der Waals surface area contributed by atoms with Gasteiger partial charge < -0.3 is 10.6 Å². The van der Waals surface area contributed by atoms with Crippen molar-refractivity contribution in [2.24, 2.45) is 4.99 Å². The highest BCUT2D eigenvalue weighted by molar-refractivity contribution is 7.99. The van der Waals surface area contributed by atoms with Crippen molar-refractivity contribution in [1.82, 2.24) is 20.5 Å². The van der Waals surface area contributed by atoms with Gasteiger partial charge in [-0.25, -0.2) is 9.98 Å². The Kier molecular flexibility index (Phi) is 7.64. The molecular weight excluding hydrogens is 362 g/mol. The molecule has 146 valence electrons. The zero-order valence-electron chi connectivity index (χ0n) is 16.2. The number of aryl methyl sites for hydroxylation is 1. The predicted octanol–water partition coefficient (Wildman–Crippen LogP) is 3.26. The minimum Gasteiger partial charge on any atom is -0.357 e. The summed E-state index contributed by atoms with van der Waals surface area (Å²) in [7, 11) is 0. The number of aromatic nitrogens is 1. The summed E-state index contributed by atoms with van der Waals surface area (Å²) in [5.41, 5.74) is 0.313. The number of hydrogen-bond acceptors (Lipinski definition) is 5. The van der Waals surface area contributed by atoms with E-state index in [1.54, 1.807) is 11.3 Å². The monoisotopic (exact) mass is 395 g/mol. The molecule has 2 aliphatic rings. The van der Waals surface area contributed by atoms with Crippen molar-refractivity contribution in [1.29, 1.82) is 0 Å². The van der Waals surface area contributed by atoms with Gasteiger partial charge in [-0.05, 0) is 26.7 Å². The predicted molar refractivity (Wildman–Crippen MR) is 114 cm³/mol. The van der Waals surface area contributed by atoms with Crippen LogP contribution in [0.3, 0.4) is 0 Å². The molecule has 1 aromatic heterocycles. The van der Waals surface area contributed by atoms with Gasteiger partial charge in [0.2, 0.25) is 0 Å². The number of thiazole rings is 1. The summed E-state index contributed by atoms with van der Waals surface area (Å²) in [6, 6.07) is 0. The third kappa shape index (κ3) is 5.36. The van der Waals surface area contributed by atoms with Crippen LogP contribution in [0.15, 0.2) is 11.2 Å². The summed E-state index contributed by atoms with van der Waals surface area (Å²) >= 11 is 3.83. The molecule has 1 aromatic rings. The van der Waals surface area contributed by atoms with E-state index >= 15 is 0 Å². The smallest absolute Gasteiger partial charge is 0.191 e. The first kappa shape index (κ1) is 20.0. The van der Waals surface area contributed by atoms with E-state index in [9.17, 15) is 0 Å². The second kappa shape index (κ2) is 9.95. The highest BCUT2D eigenvalue weighted by atomic mass is 32.2. The number of thioether (sulfide) groups is 1. The van der Waals surface area contributed by atoms with Gasteiger partial charge in [-0.15, -0.1) is 11.3 Å². The van der Waals surface area contributed by atoms with Gasteiger partial charge in [0.1, 0.15) is 5.01 Å². The van der Waals surface area contributed by atoms with Crippen molar-refractivity contribution in [3.05, 3.63) is 16.1 Å². The summed E-state index contributed by atoms with van der Waals surface area (Å²) < 4.78 is 0. The quantitative estimate of drug-likeness (QED) is 0.572. The zero-order chi connectivity index (χ0) is 18.2. The van der Waals surface area contributed by atoms with Gasteiger partial charge in [0.25, 0.3) is 0 Å². The SMILES string of the molecule is CCNC(=NCc1ncc(C)s1)NCC1(N2CCSCC2)CCCCC1. The van der Waals surface area contributed by atoms with E-state index < -0.39 is 0 Å². The molecule has 2 N–H and O–H groups in total. The van der Waals surface area contributed by atoms with E-state index in [-0.39, 0.29) is 0 Å². The van der Waals surface area contributed by atoms with Crippen LogP contribution in [-0.2, 0) is 6.54 Å². The van der Waals surface area contributed by atoms with Crippen LogP contribution in [0.5, 0.6) is 0 Å². The van der Waals surface area contributed by atoms with E-state index in [0.717, 1.165) is 24.1 Å². The summed E-state index contributed by atoms with van der Waals surface area (Å²) in [5.74, 6) is 3.48. The fourth-order valence-electron chi connectivity index (χ4n) is 4.06. The first-order valence-corrected chi connectivity index (χ1v) is 12.0. The van der Waals surface area contributed by atoms with Crippen LogP contribution in [0.25, 0.3) is 0 Å². The molecule has 7 heteroatoms. The normalized spacial score (nSPS) is 21.5. The van der Waals surface area contributed by atoms with Crippen molar-refractivity contribution in [2.75, 3.05) is 37.7 Å². The summed E-state index contributed by atoms with van der Waals surface area (Å²) in [6.07, 6.45) is 8.67. The molecule has 1 aliphatic heterocycles. The maximum absolute atomic E-state index is 4.78. The largest absolute Gasteiger partial charge is 0.357 e. The first-order valence-electron chi connectivity index (χ1n) is 9.98. The molecular formula is C19H33N5S2. The number of aliphatic imine (C=N–C) groups is 1. The van der Waals surface area contributed by atoms with Crippen molar-refractivity contribution < 1.29 is 0 Å². The Hall–Kier alpha value is -0.790. The maximum atomic E-state index is 4.78. The number of hydrogen-bond donors (Lipinski definition) is 2. The van der Waals surface area contributed by atoms with Crippen LogP contribution in [0, 0.1) is 6.92 Å². The Morgan fingerprint density at radius 2 is 2.00 bits per heavy atom. The van der Waals surface area contributed by atoms with E-state index in [1.165, 1.54) is 61.6 Å². The number of rotatable bonds is 6. The molecule has 0 aromatic carbocycles. The third-order valence-electron chi connectivity index (χ3n) is 5.44. The Labute approximate surface area is 166 Å². The van der Waals surface area contributed by atoms with E-state index in [1.807, 2.05) is 6.20 Å². The molecule has 1 saturated heterocycles. The van der Waals surface area contributed by atoms with Gasteiger partial charge in [-0.3, -0.25) is 4.90 Å². The average Bonchev–Trinajstić information content (AvgIpc) is 3.11. The molecule has 2 fully saturated rings. The number of guanidine groups is 1. The fourth-order valence-corrected chi connectivity index (χ4v) is 5.68. The van der Waals surface area contributed by atoms with Gasteiger partial charge in [0.05, 0.1) is 6.54 Å². The molecule has 3 rings (SSSR count). The van der Waals surface area contributed by atoms with Crippen LogP contribution >= 0.6 is 23.1 Å². The van der Waals surface area contributed by atoms with Crippen molar-refractivity contribution in [2.45, 2.75) is 58.0 Å². The van der Waals surface area contributed by atoms with Crippen LogP contribution < -0.4 is 10.6 Å². The molecule has 0 unspecified atom stereocenters. The Bertz CT molecular complexity index is 574. The first-order chi connectivity index (χ1) is 12.7. The van der Waals surface area contributed by atoms with Gasteiger partial charge in [-0.2, -0.15) is 11.8 Å². The highest BCUT2D eigenvalue weighted by Crippen LogP contribution is 2.34. The van der Waals surface area contributed by atoms with Crippen LogP contribution in [0.1, 0.15) is 48.9 Å². The minimum absolute atomic E-state index is 0.313. The molecule has 0 bridgehead atoms. The average molecular weight is 396 g/mol. The molecule has 2 heterocycles. The Balaban J connectivity index is 1.64. The fraction of sp³-hybridized carbons (Fsp3) is 0.789. The lowest BCUT2D eigenvalue weighted by molar-refractivity contribution is 0.0626. The lowest BCUT2D eigenvalue weighted by atomic mass is 9.80. The second-order valence-corrected chi connectivity index (χ2v) is 9.84. The van der Waals surface area contributed by atoms with Gasteiger partial charge in [0.15, 0.2) is 5.96 Å². The van der Waals surface area contributed by atoms with Crippen molar-refractivity contribution in [3.63, 3.8) is 0 Å². The molecule has 0 spiro atoms. The lowest BCUT2D eigenvalue weighted by Gasteiger charge is -2.48.